The van der Waals surface area contributed by atoms with E-state index in [1.165, 1.54) is 0 Å². The van der Waals surface area contributed by atoms with Gasteiger partial charge in [-0.25, -0.2) is 0 Å². The van der Waals surface area contributed by atoms with Crippen LogP contribution in [0.2, 0.25) is 0 Å². The highest BCUT2D eigenvalue weighted by Gasteiger charge is 1.90. The van der Waals surface area contributed by atoms with E-state index in [9.17, 15) is 4.79 Å². The maximum absolute atomic E-state index is 10.3. The molecule has 0 atom stereocenters. The molecular weight excluding hydrogens is 254 g/mol. The van der Waals surface area contributed by atoms with E-state index in [4.69, 9.17) is 5.21 Å². The minimum absolute atomic E-state index is 0.297. The highest BCUT2D eigenvalue weighted by molar-refractivity contribution is 7.99. The van der Waals surface area contributed by atoms with E-state index in [1.54, 1.807) is 6.92 Å². The van der Waals surface area contributed by atoms with Crippen LogP contribution in [0.4, 0.5) is 0 Å². The van der Waals surface area contributed by atoms with Gasteiger partial charge in [0, 0.05) is 12.2 Å². The van der Waals surface area contributed by atoms with E-state index in [2.05, 4.69) is 19.0 Å². The third-order valence-corrected chi connectivity index (χ3v) is 3.59. The number of carbonyl (C=O) groups is 1. The van der Waals surface area contributed by atoms with Crippen LogP contribution in [0.15, 0.2) is 5.16 Å². The second kappa shape index (κ2) is 15.8. The van der Waals surface area contributed by atoms with Gasteiger partial charge in [0.25, 0.3) is 0 Å². The van der Waals surface area contributed by atoms with Crippen molar-refractivity contribution in [2.45, 2.75) is 40.5 Å². The van der Waals surface area contributed by atoms with Gasteiger partial charge in [-0.2, -0.15) is 23.5 Å². The Labute approximate surface area is 114 Å². The lowest BCUT2D eigenvalue weighted by Gasteiger charge is -1.94. The van der Waals surface area contributed by atoms with Crippen molar-refractivity contribution in [3.63, 3.8) is 0 Å². The molecule has 0 heterocycles. The number of rotatable bonds is 8. The summed E-state index contributed by atoms with van der Waals surface area (Å²) in [4.78, 5) is 10.3. The monoisotopic (exact) mass is 279 g/mol. The molecule has 0 aromatic carbocycles. The van der Waals surface area contributed by atoms with Crippen molar-refractivity contribution in [1.82, 2.24) is 0 Å². The molecule has 0 unspecified atom stereocenters. The van der Waals surface area contributed by atoms with Gasteiger partial charge in [0.2, 0.25) is 0 Å². The van der Waals surface area contributed by atoms with Crippen molar-refractivity contribution >= 4 is 35.0 Å². The van der Waals surface area contributed by atoms with Crippen molar-refractivity contribution < 1.29 is 10.0 Å². The lowest BCUT2D eigenvalue weighted by atomic mass is 10.3. The Hall–Kier alpha value is -0.160. The lowest BCUT2D eigenvalue weighted by Crippen LogP contribution is -1.92. The minimum Gasteiger partial charge on any atom is -0.411 e. The third-order valence-electron chi connectivity index (χ3n) is 1.79. The number of ketones is 1. The molecule has 0 rings (SSSR count). The highest BCUT2D eigenvalue weighted by atomic mass is 32.2. The van der Waals surface area contributed by atoms with E-state index in [0.29, 0.717) is 5.78 Å². The molecule has 1 N–H and O–H groups in total. The number of hydrogen-bond acceptors (Lipinski definition) is 5. The normalized spacial score (nSPS) is 10.7. The Morgan fingerprint density at radius 1 is 1.06 bits per heavy atom. The standard InChI is InChI=1S/C6H13NOS.C6H12OS/c1-3-9-5-4-6(2)7-8;1-3-8-5-4-6(2)7/h8H,3-5H2,1-2H3;3-5H2,1-2H3. The Kier molecular flexibility index (Phi) is 17.9. The van der Waals surface area contributed by atoms with Crippen LogP contribution in [-0.2, 0) is 4.79 Å². The first-order chi connectivity index (χ1) is 8.08. The molecule has 0 radical (unpaired) electrons. The van der Waals surface area contributed by atoms with E-state index < -0.39 is 0 Å². The molecule has 5 heteroatoms. The Balaban J connectivity index is 0. The minimum atomic E-state index is 0.297. The van der Waals surface area contributed by atoms with Crippen molar-refractivity contribution in [3.05, 3.63) is 0 Å². The molecule has 3 nitrogen and oxygen atoms in total. The number of thioether (sulfide) groups is 2. The van der Waals surface area contributed by atoms with Crippen LogP contribution in [-0.4, -0.2) is 39.7 Å². The molecule has 0 fully saturated rings. The fourth-order valence-electron chi connectivity index (χ4n) is 0.774. The number of nitrogens with zero attached hydrogens (tertiary/aromatic N) is 1. The maximum atomic E-state index is 10.3. The van der Waals surface area contributed by atoms with Crippen molar-refractivity contribution in [1.29, 1.82) is 0 Å². The SMILES string of the molecule is CCSCCC(C)=NO.CCSCCC(C)=O. The number of Topliss-reactive ketones (excluding diaryl/α,β-unsaturated/α-hetero) is 1. The van der Waals surface area contributed by atoms with Crippen molar-refractivity contribution in [3.8, 4) is 0 Å². The Morgan fingerprint density at radius 3 is 1.88 bits per heavy atom. The number of hydrogen-bond donors (Lipinski definition) is 1. The first-order valence-corrected chi connectivity index (χ1v) is 8.21. The summed E-state index contributed by atoms with van der Waals surface area (Å²) in [6.07, 6.45) is 1.63. The summed E-state index contributed by atoms with van der Waals surface area (Å²) in [6, 6.07) is 0. The molecule has 0 aliphatic heterocycles. The third kappa shape index (κ3) is 21.6. The molecule has 0 amide bonds. The summed E-state index contributed by atoms with van der Waals surface area (Å²) in [5.41, 5.74) is 0.816. The fraction of sp³-hybridized carbons (Fsp3) is 0.833. The van der Waals surface area contributed by atoms with Crippen LogP contribution in [0.1, 0.15) is 40.5 Å². The number of carbonyl (C=O) groups excluding carboxylic acids is 1. The zero-order chi connectivity index (χ0) is 13.5. The van der Waals surface area contributed by atoms with Gasteiger partial charge in [0.05, 0.1) is 5.71 Å². The average molecular weight is 279 g/mol. The van der Waals surface area contributed by atoms with Crippen LogP contribution in [0.5, 0.6) is 0 Å². The first-order valence-electron chi connectivity index (χ1n) is 5.90. The van der Waals surface area contributed by atoms with Gasteiger partial charge in [-0.1, -0.05) is 19.0 Å². The molecule has 17 heavy (non-hydrogen) atoms. The molecule has 0 spiro atoms. The summed E-state index contributed by atoms with van der Waals surface area (Å²) in [6.45, 7) is 7.69. The van der Waals surface area contributed by atoms with E-state index >= 15 is 0 Å². The lowest BCUT2D eigenvalue weighted by molar-refractivity contribution is -0.116. The van der Waals surface area contributed by atoms with Crippen LogP contribution >= 0.6 is 23.5 Å². The molecule has 0 aliphatic carbocycles. The van der Waals surface area contributed by atoms with Crippen molar-refractivity contribution in [2.75, 3.05) is 23.0 Å². The predicted octanol–water partition coefficient (Wildman–Crippen LogP) is 3.70. The average Bonchev–Trinajstić information content (AvgIpc) is 2.30. The summed E-state index contributed by atoms with van der Waals surface area (Å²) in [5, 5.41) is 11.3. The maximum Gasteiger partial charge on any atom is 0.130 e. The van der Waals surface area contributed by atoms with Gasteiger partial charge >= 0.3 is 0 Å². The number of oxime groups is 1. The second-order valence-electron chi connectivity index (χ2n) is 3.43. The highest BCUT2D eigenvalue weighted by Crippen LogP contribution is 2.01. The van der Waals surface area contributed by atoms with Gasteiger partial charge in [-0.05, 0) is 37.5 Å². The van der Waals surface area contributed by atoms with Crippen molar-refractivity contribution in [2.24, 2.45) is 5.16 Å². The van der Waals surface area contributed by atoms with E-state index in [1.807, 2.05) is 30.4 Å². The van der Waals surface area contributed by atoms with Crippen LogP contribution in [0, 0.1) is 0 Å². The fourth-order valence-corrected chi connectivity index (χ4v) is 2.22. The largest absolute Gasteiger partial charge is 0.411 e. The summed E-state index contributed by atoms with van der Waals surface area (Å²) in [7, 11) is 0. The van der Waals surface area contributed by atoms with Gasteiger partial charge in [0.1, 0.15) is 5.78 Å². The van der Waals surface area contributed by atoms with Crippen LogP contribution in [0.3, 0.4) is 0 Å². The van der Waals surface area contributed by atoms with Crippen LogP contribution < -0.4 is 0 Å². The molecular formula is C12H25NO2S2. The predicted molar refractivity (Wildman–Crippen MR) is 80.8 cm³/mol. The Morgan fingerprint density at radius 2 is 1.53 bits per heavy atom. The summed E-state index contributed by atoms with van der Waals surface area (Å²) >= 11 is 3.68. The quantitative estimate of drug-likeness (QED) is 0.318. The van der Waals surface area contributed by atoms with Gasteiger partial charge in [-0.15, -0.1) is 0 Å². The van der Waals surface area contributed by atoms with E-state index in [0.717, 1.165) is 41.6 Å². The first kappa shape index (κ1) is 19.2. The smallest absolute Gasteiger partial charge is 0.130 e. The molecule has 0 saturated heterocycles. The summed E-state index contributed by atoms with van der Waals surface area (Å²) < 4.78 is 0. The topological polar surface area (TPSA) is 49.7 Å². The molecule has 0 saturated carbocycles. The van der Waals surface area contributed by atoms with Crippen LogP contribution in [0.25, 0.3) is 0 Å². The zero-order valence-electron chi connectivity index (χ0n) is 11.4. The summed E-state index contributed by atoms with van der Waals surface area (Å²) in [5.74, 6) is 4.61. The molecule has 0 bridgehead atoms. The van der Waals surface area contributed by atoms with Gasteiger partial charge in [-0.3, -0.25) is 4.79 Å². The molecule has 0 aromatic heterocycles. The van der Waals surface area contributed by atoms with E-state index in [-0.39, 0.29) is 0 Å². The second-order valence-corrected chi connectivity index (χ2v) is 6.22. The molecule has 102 valence electrons. The zero-order valence-corrected chi connectivity index (χ0v) is 13.0. The van der Waals surface area contributed by atoms with Gasteiger partial charge in [0.15, 0.2) is 0 Å². The molecule has 0 aliphatic rings. The van der Waals surface area contributed by atoms with Gasteiger partial charge < -0.3 is 5.21 Å². The Bertz CT molecular complexity index is 209. The molecule has 0 aromatic rings.